The van der Waals surface area contributed by atoms with Gasteiger partial charge in [0, 0.05) is 32.0 Å². The van der Waals surface area contributed by atoms with E-state index < -0.39 is 11.6 Å². The molecule has 0 saturated carbocycles. The topological polar surface area (TPSA) is 51.7 Å². The molecule has 29 heavy (non-hydrogen) atoms. The first-order valence-corrected chi connectivity index (χ1v) is 10.3. The fourth-order valence-corrected chi connectivity index (χ4v) is 4.20. The number of para-hydroxylation sites is 1. The van der Waals surface area contributed by atoms with Crippen LogP contribution in [0, 0.1) is 11.6 Å². The molecule has 0 atom stereocenters. The maximum absolute atomic E-state index is 13.8. The highest BCUT2D eigenvalue weighted by Crippen LogP contribution is 2.32. The molecule has 1 fully saturated rings. The summed E-state index contributed by atoms with van der Waals surface area (Å²) in [5.41, 5.74) is 0.123. The first-order valence-electron chi connectivity index (χ1n) is 9.46. The number of piperidine rings is 1. The standard InChI is InChI=1S/C21H20F2N2O3S/c22-14-12-17(23)20-18(13-14)29-21(24-20)28-16-6-9-25(10-7-16)19(26)8-11-27-15-4-2-1-3-5-15/h1-5,12-13,16H,6-11H2. The lowest BCUT2D eigenvalue weighted by Gasteiger charge is -2.31. The highest BCUT2D eigenvalue weighted by atomic mass is 32.1. The summed E-state index contributed by atoms with van der Waals surface area (Å²) in [6.45, 7) is 1.51. The van der Waals surface area contributed by atoms with Crippen LogP contribution in [0.25, 0.3) is 10.2 Å². The Kier molecular flexibility index (Phi) is 5.89. The lowest BCUT2D eigenvalue weighted by Crippen LogP contribution is -2.42. The van der Waals surface area contributed by atoms with E-state index >= 15 is 0 Å². The van der Waals surface area contributed by atoms with Gasteiger partial charge < -0.3 is 14.4 Å². The third-order valence-corrected chi connectivity index (χ3v) is 5.68. The van der Waals surface area contributed by atoms with Crippen molar-refractivity contribution >= 4 is 27.5 Å². The Labute approximate surface area is 170 Å². The van der Waals surface area contributed by atoms with Crippen molar-refractivity contribution in [1.29, 1.82) is 0 Å². The smallest absolute Gasteiger partial charge is 0.274 e. The maximum Gasteiger partial charge on any atom is 0.274 e. The predicted octanol–water partition coefficient (Wildman–Crippen LogP) is 4.41. The summed E-state index contributed by atoms with van der Waals surface area (Å²) in [7, 11) is 0. The molecular weight excluding hydrogens is 398 g/mol. The average Bonchev–Trinajstić information content (AvgIpc) is 3.12. The molecule has 0 aliphatic carbocycles. The molecule has 1 aliphatic rings. The number of carbonyl (C=O) groups excluding carboxylic acids is 1. The van der Waals surface area contributed by atoms with Gasteiger partial charge in [0.25, 0.3) is 5.19 Å². The van der Waals surface area contributed by atoms with Gasteiger partial charge in [-0.05, 0) is 18.2 Å². The molecule has 3 aromatic rings. The molecule has 152 valence electrons. The molecule has 1 saturated heterocycles. The van der Waals surface area contributed by atoms with Gasteiger partial charge in [-0.1, -0.05) is 29.5 Å². The number of nitrogens with zero attached hydrogens (tertiary/aromatic N) is 2. The minimum absolute atomic E-state index is 0.0527. The van der Waals surface area contributed by atoms with E-state index in [-0.39, 0.29) is 17.5 Å². The number of amides is 1. The number of halogens is 2. The molecule has 8 heteroatoms. The largest absolute Gasteiger partial charge is 0.493 e. The van der Waals surface area contributed by atoms with Crippen LogP contribution in [0.4, 0.5) is 8.78 Å². The SMILES string of the molecule is O=C(CCOc1ccccc1)N1CCC(Oc2nc3c(F)cc(F)cc3s2)CC1. The van der Waals surface area contributed by atoms with Crippen molar-refractivity contribution in [3.63, 3.8) is 0 Å². The molecular formula is C21H20F2N2O3S. The number of hydrogen-bond acceptors (Lipinski definition) is 5. The molecule has 4 rings (SSSR count). The highest BCUT2D eigenvalue weighted by molar-refractivity contribution is 7.20. The second kappa shape index (κ2) is 8.73. The normalized spacial score (nSPS) is 14.9. The summed E-state index contributed by atoms with van der Waals surface area (Å²) in [6, 6.07) is 11.5. The molecule has 0 radical (unpaired) electrons. The van der Waals surface area contributed by atoms with Gasteiger partial charge in [-0.15, -0.1) is 0 Å². The summed E-state index contributed by atoms with van der Waals surface area (Å²) in [5, 5.41) is 0.325. The third kappa shape index (κ3) is 4.82. The molecule has 2 heterocycles. The van der Waals surface area contributed by atoms with Gasteiger partial charge in [0.15, 0.2) is 5.82 Å². The van der Waals surface area contributed by atoms with Crippen molar-refractivity contribution < 1.29 is 23.0 Å². The number of ether oxygens (including phenoxy) is 2. The molecule has 1 aromatic heterocycles. The monoisotopic (exact) mass is 418 g/mol. The van der Waals surface area contributed by atoms with Crippen molar-refractivity contribution in [2.75, 3.05) is 19.7 Å². The number of likely N-dealkylation sites (tertiary alicyclic amines) is 1. The Balaban J connectivity index is 1.25. The Morgan fingerprint density at radius 3 is 2.69 bits per heavy atom. The van der Waals surface area contributed by atoms with E-state index in [1.165, 1.54) is 6.07 Å². The van der Waals surface area contributed by atoms with Gasteiger partial charge in [0.05, 0.1) is 17.7 Å². The van der Waals surface area contributed by atoms with Crippen LogP contribution in [-0.2, 0) is 4.79 Å². The fraction of sp³-hybridized carbons (Fsp3) is 0.333. The zero-order valence-electron chi connectivity index (χ0n) is 15.6. The fourth-order valence-electron chi connectivity index (χ4n) is 3.28. The van der Waals surface area contributed by atoms with E-state index in [1.54, 1.807) is 0 Å². The van der Waals surface area contributed by atoms with Crippen LogP contribution in [-0.4, -0.2) is 41.6 Å². The number of rotatable bonds is 6. The summed E-state index contributed by atoms with van der Waals surface area (Å²) in [5.74, 6) is -0.519. The molecule has 0 N–H and O–H groups in total. The third-order valence-electron chi connectivity index (χ3n) is 4.78. The molecule has 1 aliphatic heterocycles. The average molecular weight is 418 g/mol. The number of benzene rings is 2. The van der Waals surface area contributed by atoms with Crippen molar-refractivity contribution in [3.05, 3.63) is 54.1 Å². The van der Waals surface area contributed by atoms with E-state index in [2.05, 4.69) is 4.98 Å². The van der Waals surface area contributed by atoms with E-state index in [0.29, 0.717) is 48.9 Å². The van der Waals surface area contributed by atoms with E-state index in [4.69, 9.17) is 9.47 Å². The lowest BCUT2D eigenvalue weighted by molar-refractivity contribution is -0.133. The maximum atomic E-state index is 13.8. The first-order chi connectivity index (χ1) is 14.1. The summed E-state index contributed by atoms with van der Waals surface area (Å²) >= 11 is 1.12. The molecule has 2 aromatic carbocycles. The molecule has 1 amide bonds. The summed E-state index contributed by atoms with van der Waals surface area (Å²) in [4.78, 5) is 18.3. The lowest BCUT2D eigenvalue weighted by atomic mass is 10.1. The van der Waals surface area contributed by atoms with Crippen LogP contribution in [0.15, 0.2) is 42.5 Å². The van der Waals surface area contributed by atoms with Gasteiger partial charge in [-0.3, -0.25) is 4.79 Å². The molecule has 0 bridgehead atoms. The van der Waals surface area contributed by atoms with Gasteiger partial charge >= 0.3 is 0 Å². The number of fused-ring (bicyclic) bond motifs is 1. The quantitative estimate of drug-likeness (QED) is 0.595. The van der Waals surface area contributed by atoms with Crippen LogP contribution in [0.3, 0.4) is 0 Å². The van der Waals surface area contributed by atoms with Crippen molar-refractivity contribution in [1.82, 2.24) is 9.88 Å². The van der Waals surface area contributed by atoms with Gasteiger partial charge in [-0.25, -0.2) is 8.78 Å². The summed E-state index contributed by atoms with van der Waals surface area (Å²) < 4.78 is 39.0. The van der Waals surface area contributed by atoms with Crippen LogP contribution >= 0.6 is 11.3 Å². The Hall–Kier alpha value is -2.74. The van der Waals surface area contributed by atoms with Crippen molar-refractivity contribution in [2.24, 2.45) is 0 Å². The number of carbonyl (C=O) groups is 1. The van der Waals surface area contributed by atoms with Gasteiger partial charge in [0.1, 0.15) is 23.2 Å². The van der Waals surface area contributed by atoms with Gasteiger partial charge in [0.2, 0.25) is 5.91 Å². The van der Waals surface area contributed by atoms with Crippen molar-refractivity contribution in [3.8, 4) is 10.9 Å². The zero-order valence-corrected chi connectivity index (χ0v) is 16.5. The highest BCUT2D eigenvalue weighted by Gasteiger charge is 2.25. The van der Waals surface area contributed by atoms with E-state index in [1.807, 2.05) is 35.2 Å². The second-order valence-corrected chi connectivity index (χ2v) is 7.82. The van der Waals surface area contributed by atoms with Crippen LogP contribution in [0.1, 0.15) is 19.3 Å². The number of hydrogen-bond donors (Lipinski definition) is 0. The van der Waals surface area contributed by atoms with Crippen molar-refractivity contribution in [2.45, 2.75) is 25.4 Å². The Morgan fingerprint density at radius 2 is 1.93 bits per heavy atom. The minimum Gasteiger partial charge on any atom is -0.493 e. The summed E-state index contributed by atoms with van der Waals surface area (Å²) in [6.07, 6.45) is 1.55. The molecule has 0 unspecified atom stereocenters. The number of aromatic nitrogens is 1. The Morgan fingerprint density at radius 1 is 1.17 bits per heavy atom. The second-order valence-electron chi connectivity index (χ2n) is 6.82. The van der Waals surface area contributed by atoms with Gasteiger partial charge in [-0.2, -0.15) is 4.98 Å². The predicted molar refractivity (Wildman–Crippen MR) is 106 cm³/mol. The Bertz CT molecular complexity index is 988. The first kappa shape index (κ1) is 19.6. The van der Waals surface area contributed by atoms with Crippen LogP contribution < -0.4 is 9.47 Å². The molecule has 0 spiro atoms. The van der Waals surface area contributed by atoms with E-state index in [0.717, 1.165) is 23.2 Å². The van der Waals surface area contributed by atoms with Crippen LogP contribution in [0.2, 0.25) is 0 Å². The molecule has 5 nitrogen and oxygen atoms in total. The minimum atomic E-state index is -0.691. The number of thiazole rings is 1. The zero-order chi connectivity index (χ0) is 20.2. The van der Waals surface area contributed by atoms with Crippen LogP contribution in [0.5, 0.6) is 10.9 Å². The van der Waals surface area contributed by atoms with E-state index in [9.17, 15) is 13.6 Å².